The molecule has 194 valence electrons. The van der Waals surface area contributed by atoms with Crippen LogP contribution in [0.1, 0.15) is 37.4 Å². The van der Waals surface area contributed by atoms with Crippen LogP contribution in [0.2, 0.25) is 5.02 Å². The first-order valence-corrected chi connectivity index (χ1v) is 14.8. The van der Waals surface area contributed by atoms with Gasteiger partial charge in [-0.1, -0.05) is 17.7 Å². The SMILES string of the molecule is Cc1cc2c(c(Cl)c1C(=O)NC(C=O)Cn1ccc(S(C)(=O)=O)c1)CCN(C(=O)c1ccc(I)cc1)C2. The molecule has 1 aliphatic heterocycles. The normalized spacial score (nSPS) is 14.1. The topological polar surface area (TPSA) is 106 Å². The number of sulfone groups is 1. The maximum atomic E-state index is 13.2. The summed E-state index contributed by atoms with van der Waals surface area (Å²) in [6.07, 6.45) is 5.16. The van der Waals surface area contributed by atoms with Gasteiger partial charge in [-0.2, -0.15) is 0 Å². The Morgan fingerprint density at radius 2 is 1.92 bits per heavy atom. The summed E-state index contributed by atoms with van der Waals surface area (Å²) in [5.41, 5.74) is 3.24. The van der Waals surface area contributed by atoms with E-state index in [1.54, 1.807) is 18.0 Å². The minimum Gasteiger partial charge on any atom is -0.350 e. The molecule has 0 aliphatic carbocycles. The van der Waals surface area contributed by atoms with Crippen LogP contribution in [0.3, 0.4) is 0 Å². The van der Waals surface area contributed by atoms with Crippen molar-refractivity contribution >= 4 is 62.1 Å². The fourth-order valence-corrected chi connectivity index (χ4v) is 5.84. The van der Waals surface area contributed by atoms with Crippen molar-refractivity contribution in [1.82, 2.24) is 14.8 Å². The minimum absolute atomic E-state index is 0.0597. The Labute approximate surface area is 234 Å². The highest BCUT2D eigenvalue weighted by atomic mass is 127. The number of amides is 2. The molecule has 2 aromatic carbocycles. The van der Waals surface area contributed by atoms with Crippen LogP contribution in [0.5, 0.6) is 0 Å². The Morgan fingerprint density at radius 1 is 1.22 bits per heavy atom. The van der Waals surface area contributed by atoms with Crippen LogP contribution in [0.4, 0.5) is 0 Å². The molecule has 0 bridgehead atoms. The second-order valence-electron chi connectivity index (χ2n) is 9.04. The molecule has 1 N–H and O–H groups in total. The molecular formula is C26H25ClIN3O5S. The van der Waals surface area contributed by atoms with Crippen molar-refractivity contribution in [3.8, 4) is 0 Å². The molecule has 2 amide bonds. The van der Waals surface area contributed by atoms with Crippen LogP contribution in [0.25, 0.3) is 0 Å². The average molecular weight is 654 g/mol. The van der Waals surface area contributed by atoms with Gasteiger partial charge in [0.15, 0.2) is 9.84 Å². The summed E-state index contributed by atoms with van der Waals surface area (Å²) < 4.78 is 26.0. The van der Waals surface area contributed by atoms with E-state index in [1.165, 1.54) is 16.8 Å². The molecule has 11 heteroatoms. The molecule has 0 saturated carbocycles. The highest BCUT2D eigenvalue weighted by Crippen LogP contribution is 2.32. The molecule has 3 aromatic rings. The number of halogens is 2. The largest absolute Gasteiger partial charge is 0.350 e. The van der Waals surface area contributed by atoms with E-state index in [9.17, 15) is 22.8 Å². The minimum atomic E-state index is -3.38. The predicted molar refractivity (Wildman–Crippen MR) is 149 cm³/mol. The van der Waals surface area contributed by atoms with Crippen LogP contribution < -0.4 is 5.32 Å². The van der Waals surface area contributed by atoms with E-state index in [4.69, 9.17) is 11.6 Å². The molecule has 1 atom stereocenters. The summed E-state index contributed by atoms with van der Waals surface area (Å²) in [5, 5.41) is 3.01. The third-order valence-electron chi connectivity index (χ3n) is 6.30. The first kappa shape index (κ1) is 27.3. The fraction of sp³-hybridized carbons (Fsp3) is 0.269. The highest BCUT2D eigenvalue weighted by molar-refractivity contribution is 14.1. The quantitative estimate of drug-likeness (QED) is 0.310. The van der Waals surface area contributed by atoms with Gasteiger partial charge in [0.05, 0.1) is 15.5 Å². The van der Waals surface area contributed by atoms with Crippen LogP contribution in [0, 0.1) is 10.5 Å². The molecule has 1 aromatic heterocycles. The third-order valence-corrected chi connectivity index (χ3v) is 8.53. The summed E-state index contributed by atoms with van der Waals surface area (Å²) in [4.78, 5) is 39.7. The summed E-state index contributed by atoms with van der Waals surface area (Å²) in [5.74, 6) is -0.550. The summed E-state index contributed by atoms with van der Waals surface area (Å²) in [7, 11) is -3.38. The maximum absolute atomic E-state index is 13.2. The molecule has 8 nitrogen and oxygen atoms in total. The number of carbonyl (C=O) groups excluding carboxylic acids is 3. The lowest BCUT2D eigenvalue weighted by atomic mass is 9.93. The number of benzene rings is 2. The third kappa shape index (κ3) is 6.07. The molecule has 4 rings (SSSR count). The van der Waals surface area contributed by atoms with Gasteiger partial charge >= 0.3 is 0 Å². The lowest BCUT2D eigenvalue weighted by Gasteiger charge is -2.31. The Balaban J connectivity index is 1.50. The van der Waals surface area contributed by atoms with Gasteiger partial charge in [0, 0.05) is 47.4 Å². The number of aldehydes is 1. The summed E-state index contributed by atoms with van der Waals surface area (Å²) >= 11 is 8.90. The zero-order valence-corrected chi connectivity index (χ0v) is 23.9. The van der Waals surface area contributed by atoms with E-state index in [2.05, 4.69) is 27.9 Å². The molecule has 37 heavy (non-hydrogen) atoms. The van der Waals surface area contributed by atoms with E-state index in [0.717, 1.165) is 21.0 Å². The molecule has 1 aliphatic rings. The van der Waals surface area contributed by atoms with Crippen LogP contribution in [0.15, 0.2) is 53.7 Å². The predicted octanol–water partition coefficient (Wildman–Crippen LogP) is 3.65. The Kier molecular flexibility index (Phi) is 8.10. The molecule has 2 heterocycles. The van der Waals surface area contributed by atoms with Gasteiger partial charge < -0.3 is 19.6 Å². The average Bonchev–Trinajstić information content (AvgIpc) is 3.32. The smallest absolute Gasteiger partial charge is 0.254 e. The molecule has 0 fully saturated rings. The van der Waals surface area contributed by atoms with Gasteiger partial charge in [0.2, 0.25) is 0 Å². The molecule has 1 unspecified atom stereocenters. The van der Waals surface area contributed by atoms with Gasteiger partial charge in [-0.25, -0.2) is 8.42 Å². The number of fused-ring (bicyclic) bond motifs is 1. The van der Waals surface area contributed by atoms with Crippen molar-refractivity contribution in [3.05, 3.63) is 85.2 Å². The van der Waals surface area contributed by atoms with Gasteiger partial charge in [-0.15, -0.1) is 0 Å². The van der Waals surface area contributed by atoms with Crippen LogP contribution >= 0.6 is 34.2 Å². The van der Waals surface area contributed by atoms with E-state index < -0.39 is 21.8 Å². The van der Waals surface area contributed by atoms with Gasteiger partial charge in [0.1, 0.15) is 12.3 Å². The van der Waals surface area contributed by atoms with E-state index in [-0.39, 0.29) is 22.9 Å². The Hall–Kier alpha value is -2.70. The number of nitrogens with zero attached hydrogens (tertiary/aromatic N) is 2. The Bertz CT molecular complexity index is 1480. The first-order valence-electron chi connectivity index (χ1n) is 11.5. The molecule has 0 spiro atoms. The number of nitrogens with one attached hydrogen (secondary N) is 1. The van der Waals surface area contributed by atoms with Crippen molar-refractivity contribution in [1.29, 1.82) is 0 Å². The lowest BCUT2D eigenvalue weighted by Crippen LogP contribution is -2.40. The van der Waals surface area contributed by atoms with Gasteiger partial charge in [-0.3, -0.25) is 9.59 Å². The number of aryl methyl sites for hydroxylation is 1. The number of carbonyl (C=O) groups is 3. The number of aromatic nitrogens is 1. The van der Waals surface area contributed by atoms with Crippen LogP contribution in [-0.2, 0) is 34.1 Å². The lowest BCUT2D eigenvalue weighted by molar-refractivity contribution is -0.109. The maximum Gasteiger partial charge on any atom is 0.254 e. The van der Waals surface area contributed by atoms with Crippen molar-refractivity contribution in [3.63, 3.8) is 0 Å². The van der Waals surface area contributed by atoms with Crippen molar-refractivity contribution in [2.45, 2.75) is 37.4 Å². The number of hydrogen-bond acceptors (Lipinski definition) is 5. The van der Waals surface area contributed by atoms with E-state index >= 15 is 0 Å². The van der Waals surface area contributed by atoms with E-state index in [0.29, 0.717) is 41.9 Å². The van der Waals surface area contributed by atoms with Crippen molar-refractivity contribution < 1.29 is 22.8 Å². The summed E-state index contributed by atoms with van der Waals surface area (Å²) in [6, 6.07) is 9.83. The molecular weight excluding hydrogens is 629 g/mol. The van der Waals surface area contributed by atoms with Crippen molar-refractivity contribution in [2.75, 3.05) is 12.8 Å². The highest BCUT2D eigenvalue weighted by Gasteiger charge is 2.28. The monoisotopic (exact) mass is 653 g/mol. The number of rotatable bonds is 7. The van der Waals surface area contributed by atoms with Gasteiger partial charge in [0.25, 0.3) is 11.8 Å². The zero-order chi connectivity index (χ0) is 26.9. The van der Waals surface area contributed by atoms with E-state index in [1.807, 2.05) is 30.3 Å². The second kappa shape index (κ2) is 11.0. The summed E-state index contributed by atoms with van der Waals surface area (Å²) in [6.45, 7) is 2.69. The fourth-order valence-electron chi connectivity index (χ4n) is 4.40. The number of hydrogen-bond donors (Lipinski definition) is 1. The second-order valence-corrected chi connectivity index (χ2v) is 12.7. The van der Waals surface area contributed by atoms with Gasteiger partial charge in [-0.05, 0) is 83.0 Å². The first-order chi connectivity index (χ1) is 17.5. The van der Waals surface area contributed by atoms with Crippen LogP contribution in [-0.4, -0.2) is 54.8 Å². The Morgan fingerprint density at radius 3 is 2.54 bits per heavy atom. The zero-order valence-electron chi connectivity index (χ0n) is 20.2. The standard InChI is InChI=1S/C26H25ClIN3O5S/c1-16-11-18-12-31(26(34)17-3-5-19(28)6-4-17)10-8-22(18)24(27)23(16)25(33)29-20(15-32)13-30-9-7-21(14-30)37(2,35)36/h3-7,9,11,14-15,20H,8,10,12-13H2,1-2H3,(H,29,33). The molecule has 0 saturated heterocycles. The molecule has 0 radical (unpaired) electrons. The van der Waals surface area contributed by atoms with Crippen molar-refractivity contribution in [2.24, 2.45) is 0 Å².